The lowest BCUT2D eigenvalue weighted by molar-refractivity contribution is -0.137. The summed E-state index contributed by atoms with van der Waals surface area (Å²) in [6.45, 7) is 2.33. The molecule has 0 saturated heterocycles. The minimum atomic E-state index is -4.47. The van der Waals surface area contributed by atoms with Crippen LogP contribution in [0.5, 0.6) is 5.75 Å². The Bertz CT molecular complexity index is 954. The lowest BCUT2D eigenvalue weighted by Crippen LogP contribution is -2.23. The molecular weight excluding hydrogens is 359 g/mol. The molecule has 0 unspecified atom stereocenters. The van der Waals surface area contributed by atoms with E-state index >= 15 is 0 Å². The Labute approximate surface area is 153 Å². The molecule has 0 spiro atoms. The van der Waals surface area contributed by atoms with E-state index in [0.717, 1.165) is 31.6 Å². The molecule has 0 amide bonds. The van der Waals surface area contributed by atoms with Crippen LogP contribution in [0.3, 0.4) is 0 Å². The predicted octanol–water partition coefficient (Wildman–Crippen LogP) is 3.20. The number of nitrogens with zero attached hydrogens (tertiary/aromatic N) is 3. The smallest absolute Gasteiger partial charge is 0.416 e. The Morgan fingerprint density at radius 3 is 2.85 bits per heavy atom. The van der Waals surface area contributed by atoms with E-state index in [1.54, 1.807) is 22.8 Å². The van der Waals surface area contributed by atoms with Gasteiger partial charge in [-0.3, -0.25) is 0 Å². The summed E-state index contributed by atoms with van der Waals surface area (Å²) < 4.78 is 47.2. The molecule has 0 saturated carbocycles. The third-order valence-corrected chi connectivity index (χ3v) is 4.30. The Kier molecular flexibility index (Phi) is 4.61. The quantitative estimate of drug-likeness (QED) is 0.630. The van der Waals surface area contributed by atoms with Crippen molar-refractivity contribution < 1.29 is 17.9 Å². The van der Waals surface area contributed by atoms with Crippen LogP contribution >= 0.6 is 0 Å². The lowest BCUT2D eigenvalue weighted by atomic mass is 10.0. The molecule has 2 N–H and O–H groups in total. The third kappa shape index (κ3) is 3.82. The van der Waals surface area contributed by atoms with Crippen LogP contribution in [0.4, 0.5) is 19.0 Å². The van der Waals surface area contributed by atoms with Gasteiger partial charge in [0, 0.05) is 24.8 Å². The molecule has 4 rings (SSSR count). The van der Waals surface area contributed by atoms with E-state index in [-0.39, 0.29) is 12.4 Å². The van der Waals surface area contributed by atoms with Crippen molar-refractivity contribution in [3.63, 3.8) is 0 Å². The average molecular weight is 377 g/mol. The van der Waals surface area contributed by atoms with Crippen molar-refractivity contribution in [1.82, 2.24) is 19.9 Å². The van der Waals surface area contributed by atoms with Gasteiger partial charge in [0.1, 0.15) is 18.2 Å². The molecule has 4 bridgehead atoms. The van der Waals surface area contributed by atoms with E-state index < -0.39 is 11.7 Å². The van der Waals surface area contributed by atoms with Gasteiger partial charge in [0.15, 0.2) is 5.65 Å². The normalized spacial score (nSPS) is 15.7. The number of fused-ring (bicyclic) bond motifs is 4. The fourth-order valence-electron chi connectivity index (χ4n) is 2.97. The van der Waals surface area contributed by atoms with Gasteiger partial charge in [-0.1, -0.05) is 0 Å². The first-order chi connectivity index (χ1) is 13.0. The minimum absolute atomic E-state index is 0.171. The zero-order valence-electron chi connectivity index (χ0n) is 14.4. The standard InChI is InChI=1S/C18H18F3N5O/c19-18(20,21)13-8-12-9-14(10-13)27-7-5-22-3-1-4-23-16-2-6-26-17(25-16)15(12)11-24-26/h2,6,8-11,22H,1,3-5,7H2,(H,23,25). The second-order valence-corrected chi connectivity index (χ2v) is 6.26. The van der Waals surface area contributed by atoms with Gasteiger partial charge in [-0.25, -0.2) is 9.50 Å². The molecule has 27 heavy (non-hydrogen) atoms. The zero-order valence-corrected chi connectivity index (χ0v) is 14.4. The molecule has 1 aromatic carbocycles. The van der Waals surface area contributed by atoms with Crippen molar-refractivity contribution in [3.05, 3.63) is 42.2 Å². The largest absolute Gasteiger partial charge is 0.492 e. The van der Waals surface area contributed by atoms with E-state index in [1.807, 2.05) is 0 Å². The average Bonchev–Trinajstić information content (AvgIpc) is 3.05. The van der Waals surface area contributed by atoms with E-state index in [9.17, 15) is 13.2 Å². The number of aromatic nitrogens is 3. The van der Waals surface area contributed by atoms with Crippen molar-refractivity contribution in [2.75, 3.05) is 31.6 Å². The van der Waals surface area contributed by atoms with Gasteiger partial charge in [0.25, 0.3) is 0 Å². The molecule has 1 aliphatic rings. The molecule has 2 aromatic heterocycles. The fourth-order valence-corrected chi connectivity index (χ4v) is 2.97. The molecule has 0 radical (unpaired) electrons. The summed E-state index contributed by atoms with van der Waals surface area (Å²) in [4.78, 5) is 4.52. The molecule has 0 atom stereocenters. The van der Waals surface area contributed by atoms with Crippen molar-refractivity contribution in [1.29, 1.82) is 0 Å². The van der Waals surface area contributed by atoms with Crippen LogP contribution in [-0.4, -0.2) is 40.8 Å². The van der Waals surface area contributed by atoms with Gasteiger partial charge < -0.3 is 15.4 Å². The molecule has 0 fully saturated rings. The molecule has 0 aliphatic carbocycles. The highest BCUT2D eigenvalue weighted by atomic mass is 19.4. The maximum Gasteiger partial charge on any atom is 0.416 e. The molecule has 1 aliphatic heterocycles. The van der Waals surface area contributed by atoms with E-state index in [0.29, 0.717) is 29.1 Å². The summed E-state index contributed by atoms with van der Waals surface area (Å²) in [6.07, 6.45) is -0.343. The van der Waals surface area contributed by atoms with Gasteiger partial charge in [-0.15, -0.1) is 0 Å². The summed E-state index contributed by atoms with van der Waals surface area (Å²) in [5.74, 6) is 0.827. The first-order valence-corrected chi connectivity index (χ1v) is 8.65. The first-order valence-electron chi connectivity index (χ1n) is 8.65. The highest BCUT2D eigenvalue weighted by Gasteiger charge is 2.32. The number of nitrogens with one attached hydrogen (secondary N) is 2. The fraction of sp³-hybridized carbons (Fsp3) is 0.333. The molecule has 3 heterocycles. The van der Waals surface area contributed by atoms with Crippen molar-refractivity contribution >= 4 is 11.5 Å². The topological polar surface area (TPSA) is 63.5 Å². The lowest BCUT2D eigenvalue weighted by Gasteiger charge is -2.13. The van der Waals surface area contributed by atoms with Crippen LogP contribution in [0.15, 0.2) is 36.7 Å². The number of hydrogen-bond acceptors (Lipinski definition) is 5. The number of rotatable bonds is 0. The van der Waals surface area contributed by atoms with E-state index in [2.05, 4.69) is 20.7 Å². The molecule has 9 heteroatoms. The number of benzene rings is 1. The number of ether oxygens (including phenoxy) is 1. The molecule has 142 valence electrons. The maximum atomic E-state index is 13.4. The zero-order chi connectivity index (χ0) is 18.9. The minimum Gasteiger partial charge on any atom is -0.492 e. The number of anilines is 1. The van der Waals surface area contributed by atoms with Gasteiger partial charge >= 0.3 is 6.18 Å². The van der Waals surface area contributed by atoms with E-state index in [1.165, 1.54) is 6.20 Å². The van der Waals surface area contributed by atoms with Gasteiger partial charge in [0.05, 0.1) is 11.8 Å². The summed E-state index contributed by atoms with van der Waals surface area (Å²) in [6, 6.07) is 5.50. The predicted molar refractivity (Wildman–Crippen MR) is 94.9 cm³/mol. The van der Waals surface area contributed by atoms with Crippen molar-refractivity contribution in [2.45, 2.75) is 12.6 Å². The highest BCUT2D eigenvalue weighted by molar-refractivity contribution is 5.79. The van der Waals surface area contributed by atoms with Crippen LogP contribution in [0.1, 0.15) is 12.0 Å². The van der Waals surface area contributed by atoms with Crippen LogP contribution in [0, 0.1) is 0 Å². The Morgan fingerprint density at radius 1 is 1.11 bits per heavy atom. The Balaban J connectivity index is 1.85. The summed E-state index contributed by atoms with van der Waals surface area (Å²) in [7, 11) is 0. The van der Waals surface area contributed by atoms with Crippen LogP contribution < -0.4 is 15.4 Å². The summed E-state index contributed by atoms with van der Waals surface area (Å²) >= 11 is 0. The SMILES string of the molecule is FC(F)(F)c1cc2cc(c1)-c1cnn3ccc(nc13)NCCCNCCO2. The third-order valence-electron chi connectivity index (χ3n) is 4.30. The molecular formula is C18H18F3N5O. The van der Waals surface area contributed by atoms with Crippen LogP contribution in [0.25, 0.3) is 16.8 Å². The number of halogens is 3. The van der Waals surface area contributed by atoms with Crippen molar-refractivity contribution in [2.24, 2.45) is 0 Å². The second-order valence-electron chi connectivity index (χ2n) is 6.26. The summed E-state index contributed by atoms with van der Waals surface area (Å²) in [5.41, 5.74) is 0.601. The molecule has 6 nitrogen and oxygen atoms in total. The Morgan fingerprint density at radius 2 is 2.00 bits per heavy atom. The monoisotopic (exact) mass is 377 g/mol. The highest BCUT2D eigenvalue weighted by Crippen LogP contribution is 2.36. The number of hydrogen-bond donors (Lipinski definition) is 2. The van der Waals surface area contributed by atoms with Gasteiger partial charge in [0.2, 0.25) is 0 Å². The maximum absolute atomic E-state index is 13.4. The first kappa shape index (κ1) is 17.6. The number of alkyl halides is 3. The summed E-state index contributed by atoms with van der Waals surface area (Å²) in [5, 5.41) is 10.6. The van der Waals surface area contributed by atoms with Gasteiger partial charge in [-0.05, 0) is 42.8 Å². The Hall–Kier alpha value is -2.81. The van der Waals surface area contributed by atoms with E-state index in [4.69, 9.17) is 4.74 Å². The van der Waals surface area contributed by atoms with Crippen LogP contribution in [-0.2, 0) is 6.18 Å². The van der Waals surface area contributed by atoms with Crippen molar-refractivity contribution in [3.8, 4) is 16.9 Å². The van der Waals surface area contributed by atoms with Gasteiger partial charge in [-0.2, -0.15) is 18.3 Å². The van der Waals surface area contributed by atoms with Crippen LogP contribution in [0.2, 0.25) is 0 Å². The molecule has 3 aromatic rings. The second kappa shape index (κ2) is 7.07.